The molecule has 10 nitrogen and oxygen atoms in total. The number of carbonyl (C=O) groups is 1. The number of aromatic nitrogens is 5. The number of nitrogens with one attached hydrogen (secondary N) is 3. The fourth-order valence-electron chi connectivity index (χ4n) is 5.37. The number of amides is 1. The standard InChI is InChI=1S/C33H26N8O2/c1-20(37-32(42)28-29(34)39-40-18-8-17-35-31(28)40)30-38-26-14-7-9-21(15-16-22-19-36-25-13-6-5-12-24(22)25)27(26)33(43)41(30)23-10-3-2-4-11-23/h2-14,18-20,35-36H,17H2,1H3,(H2,34,39)(H,37,42). The van der Waals surface area contributed by atoms with E-state index in [2.05, 4.69) is 32.6 Å². The van der Waals surface area contributed by atoms with Gasteiger partial charge in [-0.2, -0.15) is 0 Å². The zero-order valence-corrected chi connectivity index (χ0v) is 23.1. The zero-order chi connectivity index (χ0) is 29.5. The number of hydrogen-bond acceptors (Lipinski definition) is 6. The number of nitrogens with two attached hydrogens (primary N) is 1. The Morgan fingerprint density at radius 1 is 1.02 bits per heavy atom. The maximum atomic E-state index is 14.3. The van der Waals surface area contributed by atoms with Crippen molar-refractivity contribution in [3.05, 3.63) is 118 Å². The molecule has 10 heteroatoms. The molecular weight excluding hydrogens is 540 g/mol. The molecule has 1 unspecified atom stereocenters. The maximum absolute atomic E-state index is 14.3. The Labute approximate surface area is 245 Å². The molecule has 5 N–H and O–H groups in total. The van der Waals surface area contributed by atoms with Gasteiger partial charge >= 0.3 is 0 Å². The smallest absolute Gasteiger partial charge is 0.267 e. The van der Waals surface area contributed by atoms with Gasteiger partial charge in [-0.3, -0.25) is 14.2 Å². The van der Waals surface area contributed by atoms with Crippen LogP contribution in [0.15, 0.2) is 89.9 Å². The summed E-state index contributed by atoms with van der Waals surface area (Å²) in [6.45, 7) is 2.33. The van der Waals surface area contributed by atoms with E-state index < -0.39 is 11.9 Å². The number of carbonyl (C=O) groups excluding carboxylic acids is 1. The Balaban J connectivity index is 1.34. The van der Waals surface area contributed by atoms with Crippen molar-refractivity contribution in [2.24, 2.45) is 0 Å². The first-order valence-corrected chi connectivity index (χ1v) is 13.8. The summed E-state index contributed by atoms with van der Waals surface area (Å²) in [4.78, 5) is 35.9. The van der Waals surface area contributed by atoms with Gasteiger partial charge in [-0.05, 0) is 43.3 Å². The summed E-state index contributed by atoms with van der Waals surface area (Å²) in [5.74, 6) is 6.98. The quantitative estimate of drug-likeness (QED) is 0.233. The van der Waals surface area contributed by atoms with Gasteiger partial charge in [0.05, 0.1) is 28.2 Å². The third kappa shape index (κ3) is 4.49. The van der Waals surface area contributed by atoms with Crippen molar-refractivity contribution >= 4 is 45.5 Å². The molecule has 7 rings (SSSR count). The van der Waals surface area contributed by atoms with Crippen LogP contribution in [0.1, 0.15) is 40.3 Å². The predicted octanol–water partition coefficient (Wildman–Crippen LogP) is 4.43. The Kier molecular flexibility index (Phi) is 6.25. The van der Waals surface area contributed by atoms with E-state index in [-0.39, 0.29) is 16.9 Å². The average molecular weight is 567 g/mol. The molecule has 0 aliphatic carbocycles. The highest BCUT2D eigenvalue weighted by Crippen LogP contribution is 2.26. The van der Waals surface area contributed by atoms with Crippen molar-refractivity contribution in [2.75, 3.05) is 17.6 Å². The van der Waals surface area contributed by atoms with Gasteiger partial charge in [0, 0.05) is 35.4 Å². The summed E-state index contributed by atoms with van der Waals surface area (Å²) >= 11 is 0. The van der Waals surface area contributed by atoms with Gasteiger partial charge in [0.15, 0.2) is 5.82 Å². The lowest BCUT2D eigenvalue weighted by atomic mass is 10.1. The number of H-pyrrole nitrogens is 1. The fourth-order valence-corrected chi connectivity index (χ4v) is 5.37. The molecule has 43 heavy (non-hydrogen) atoms. The molecule has 1 aliphatic rings. The van der Waals surface area contributed by atoms with Crippen LogP contribution in [0.4, 0.5) is 11.6 Å². The van der Waals surface area contributed by atoms with Crippen molar-refractivity contribution in [1.29, 1.82) is 0 Å². The van der Waals surface area contributed by atoms with Crippen molar-refractivity contribution in [2.45, 2.75) is 13.0 Å². The molecule has 1 atom stereocenters. The molecule has 210 valence electrons. The van der Waals surface area contributed by atoms with E-state index in [1.54, 1.807) is 19.2 Å². The number of para-hydroxylation sites is 2. The monoisotopic (exact) mass is 566 g/mol. The maximum Gasteiger partial charge on any atom is 0.267 e. The Morgan fingerprint density at radius 3 is 2.67 bits per heavy atom. The van der Waals surface area contributed by atoms with Crippen LogP contribution in [0.3, 0.4) is 0 Å². The fraction of sp³-hybridized carbons (Fsp3) is 0.0909. The first kappa shape index (κ1) is 25.9. The molecule has 0 radical (unpaired) electrons. The number of hydrogen-bond donors (Lipinski definition) is 4. The molecule has 0 fully saturated rings. The highest BCUT2D eigenvalue weighted by Gasteiger charge is 2.26. The van der Waals surface area contributed by atoms with Gasteiger partial charge < -0.3 is 21.4 Å². The van der Waals surface area contributed by atoms with E-state index in [1.165, 1.54) is 9.25 Å². The number of anilines is 2. The summed E-state index contributed by atoms with van der Waals surface area (Å²) in [6.07, 6.45) is 5.49. The van der Waals surface area contributed by atoms with Gasteiger partial charge in [0.1, 0.15) is 17.2 Å². The van der Waals surface area contributed by atoms with Gasteiger partial charge in [-0.25, -0.2) is 9.67 Å². The zero-order valence-electron chi connectivity index (χ0n) is 23.1. The van der Waals surface area contributed by atoms with Crippen molar-refractivity contribution < 1.29 is 4.79 Å². The van der Waals surface area contributed by atoms with Crippen LogP contribution in [0.5, 0.6) is 0 Å². The second-order valence-electron chi connectivity index (χ2n) is 10.2. The lowest BCUT2D eigenvalue weighted by Gasteiger charge is -2.20. The third-order valence-electron chi connectivity index (χ3n) is 7.39. The normalized spacial score (nSPS) is 12.8. The van der Waals surface area contributed by atoms with Crippen molar-refractivity contribution in [1.82, 2.24) is 29.6 Å². The Morgan fingerprint density at radius 2 is 1.81 bits per heavy atom. The van der Waals surface area contributed by atoms with Crippen LogP contribution in [0.2, 0.25) is 0 Å². The van der Waals surface area contributed by atoms with Crippen LogP contribution >= 0.6 is 0 Å². The van der Waals surface area contributed by atoms with Gasteiger partial charge in [-0.1, -0.05) is 54.3 Å². The largest absolute Gasteiger partial charge is 0.381 e. The van der Waals surface area contributed by atoms with E-state index in [9.17, 15) is 9.59 Å². The Hall–Kier alpha value is -6.08. The summed E-state index contributed by atoms with van der Waals surface area (Å²) in [7, 11) is 0. The number of nitrogen functional groups attached to an aromatic ring is 1. The minimum absolute atomic E-state index is 0.101. The first-order valence-electron chi connectivity index (χ1n) is 13.8. The molecule has 4 heterocycles. The lowest BCUT2D eigenvalue weighted by molar-refractivity contribution is 0.0939. The SMILES string of the molecule is CC(NC(=O)c1c(N)nn2c1NCC=C2)c1nc2cccc(C#Cc3c[nH]c4ccccc34)c2c(=O)n1-c1ccccc1. The first-order chi connectivity index (χ1) is 21.0. The average Bonchev–Trinajstić information content (AvgIpc) is 3.60. The molecule has 1 aliphatic heterocycles. The van der Waals surface area contributed by atoms with Gasteiger partial charge in [0.2, 0.25) is 0 Å². The molecule has 3 aromatic carbocycles. The molecular formula is C33H26N8O2. The number of rotatable bonds is 4. The van der Waals surface area contributed by atoms with E-state index in [4.69, 9.17) is 10.7 Å². The summed E-state index contributed by atoms with van der Waals surface area (Å²) in [5.41, 5.74) is 9.55. The second kappa shape index (κ2) is 10.4. The number of aromatic amines is 1. The molecule has 3 aromatic heterocycles. The van der Waals surface area contributed by atoms with E-state index in [0.717, 1.165) is 16.5 Å². The highest BCUT2D eigenvalue weighted by atomic mass is 16.2. The number of fused-ring (bicyclic) bond motifs is 3. The topological polar surface area (TPSA) is 136 Å². The molecule has 0 saturated heterocycles. The number of benzene rings is 3. The van der Waals surface area contributed by atoms with Crippen LogP contribution in [0, 0.1) is 11.8 Å². The molecule has 0 bridgehead atoms. The minimum atomic E-state index is -0.667. The van der Waals surface area contributed by atoms with Crippen LogP contribution < -0.4 is 21.9 Å². The highest BCUT2D eigenvalue weighted by molar-refractivity contribution is 6.04. The molecule has 0 saturated carbocycles. The third-order valence-corrected chi connectivity index (χ3v) is 7.39. The van der Waals surface area contributed by atoms with E-state index in [0.29, 0.717) is 40.3 Å². The summed E-state index contributed by atoms with van der Waals surface area (Å²) < 4.78 is 3.06. The van der Waals surface area contributed by atoms with Gasteiger partial charge in [0.25, 0.3) is 11.5 Å². The summed E-state index contributed by atoms with van der Waals surface area (Å²) in [5, 5.41) is 11.8. The number of nitrogens with zero attached hydrogens (tertiary/aromatic N) is 4. The van der Waals surface area contributed by atoms with Crippen LogP contribution in [-0.2, 0) is 0 Å². The van der Waals surface area contributed by atoms with Gasteiger partial charge in [-0.15, -0.1) is 5.10 Å². The summed E-state index contributed by atoms with van der Waals surface area (Å²) in [6, 6.07) is 21.9. The lowest BCUT2D eigenvalue weighted by Crippen LogP contribution is -2.34. The van der Waals surface area contributed by atoms with Crippen molar-refractivity contribution in [3.8, 4) is 17.5 Å². The van der Waals surface area contributed by atoms with E-state index >= 15 is 0 Å². The predicted molar refractivity (Wildman–Crippen MR) is 168 cm³/mol. The van der Waals surface area contributed by atoms with Crippen LogP contribution in [-0.4, -0.2) is 36.8 Å². The Bertz CT molecular complexity index is 2200. The molecule has 1 amide bonds. The minimum Gasteiger partial charge on any atom is -0.381 e. The molecule has 0 spiro atoms. The van der Waals surface area contributed by atoms with Crippen LogP contribution in [0.25, 0.3) is 33.7 Å². The second-order valence-corrected chi connectivity index (χ2v) is 10.2. The molecule has 6 aromatic rings. The van der Waals surface area contributed by atoms with Crippen molar-refractivity contribution in [3.63, 3.8) is 0 Å². The van der Waals surface area contributed by atoms with E-state index in [1.807, 2.05) is 79.0 Å².